The van der Waals surface area contributed by atoms with Crippen molar-refractivity contribution in [2.24, 2.45) is 12.5 Å². The fraction of sp³-hybridized carbons (Fsp3) is 0.433. The summed E-state index contributed by atoms with van der Waals surface area (Å²) >= 11 is 0. The average molecular weight is 529 g/mol. The van der Waals surface area contributed by atoms with E-state index >= 15 is 0 Å². The molecule has 5 rings (SSSR count). The number of rotatable bonds is 7. The van der Waals surface area contributed by atoms with Crippen LogP contribution >= 0.6 is 0 Å². The Kier molecular flexibility index (Phi) is 7.11. The maximum absolute atomic E-state index is 12.6. The second kappa shape index (κ2) is 10.4. The summed E-state index contributed by atoms with van der Waals surface area (Å²) in [5.74, 6) is -0.414. The number of carboxylic acid groups (broad SMARTS) is 1. The normalized spacial score (nSPS) is 16.9. The van der Waals surface area contributed by atoms with Gasteiger partial charge in [0.15, 0.2) is 0 Å². The summed E-state index contributed by atoms with van der Waals surface area (Å²) in [6.45, 7) is 11.9. The van der Waals surface area contributed by atoms with E-state index < -0.39 is 17.3 Å². The predicted octanol–water partition coefficient (Wildman–Crippen LogP) is 4.79. The molecule has 1 aromatic carbocycles. The quantitative estimate of drug-likeness (QED) is 0.365. The van der Waals surface area contributed by atoms with Crippen molar-refractivity contribution in [3.05, 3.63) is 76.4 Å². The number of nitrogens with zero attached hydrogens (tertiary/aromatic N) is 6. The molecule has 0 bridgehead atoms. The number of aliphatic carboxylic acids is 1. The van der Waals surface area contributed by atoms with Crippen LogP contribution in [0.25, 0.3) is 11.0 Å². The number of aryl methyl sites for hydroxylation is 3. The van der Waals surface area contributed by atoms with Crippen molar-refractivity contribution in [3.8, 4) is 5.75 Å². The van der Waals surface area contributed by atoms with Crippen LogP contribution in [0.1, 0.15) is 66.6 Å². The molecule has 39 heavy (non-hydrogen) atoms. The average Bonchev–Trinajstić information content (AvgIpc) is 3.18. The molecular weight excluding hydrogens is 492 g/mol. The zero-order chi connectivity index (χ0) is 27.9. The van der Waals surface area contributed by atoms with Gasteiger partial charge in [-0.05, 0) is 68.5 Å². The number of pyridine rings is 2. The number of carboxylic acids is 1. The van der Waals surface area contributed by atoms with Gasteiger partial charge in [-0.15, -0.1) is 5.10 Å². The minimum atomic E-state index is -1.09. The van der Waals surface area contributed by atoms with Gasteiger partial charge < -0.3 is 9.84 Å². The zero-order valence-corrected chi connectivity index (χ0v) is 23.5. The Labute approximate surface area is 228 Å². The van der Waals surface area contributed by atoms with E-state index in [1.54, 1.807) is 24.7 Å². The lowest BCUT2D eigenvalue weighted by molar-refractivity contribution is -0.147. The van der Waals surface area contributed by atoms with E-state index in [4.69, 9.17) is 9.72 Å². The van der Waals surface area contributed by atoms with Crippen LogP contribution in [0.5, 0.6) is 5.75 Å². The third-order valence-corrected chi connectivity index (χ3v) is 8.07. The van der Waals surface area contributed by atoms with E-state index in [1.807, 2.05) is 51.5 Å². The molecule has 1 N–H and O–H groups in total. The van der Waals surface area contributed by atoms with Crippen LogP contribution in [0.3, 0.4) is 0 Å². The highest BCUT2D eigenvalue weighted by atomic mass is 16.5. The third kappa shape index (κ3) is 4.98. The van der Waals surface area contributed by atoms with Crippen LogP contribution in [0.15, 0.2) is 42.9 Å². The van der Waals surface area contributed by atoms with Crippen molar-refractivity contribution in [2.75, 3.05) is 6.54 Å². The van der Waals surface area contributed by atoms with E-state index in [0.29, 0.717) is 6.54 Å². The Balaban J connectivity index is 1.56. The first-order valence-electron chi connectivity index (χ1n) is 13.4. The molecule has 0 amide bonds. The van der Waals surface area contributed by atoms with Gasteiger partial charge in [0.25, 0.3) is 0 Å². The molecule has 0 aliphatic carbocycles. The van der Waals surface area contributed by atoms with Crippen LogP contribution in [0.4, 0.5) is 0 Å². The largest absolute Gasteiger partial charge is 0.489 e. The van der Waals surface area contributed by atoms with Gasteiger partial charge in [-0.3, -0.25) is 19.7 Å². The third-order valence-electron chi connectivity index (χ3n) is 8.07. The summed E-state index contributed by atoms with van der Waals surface area (Å²) in [5.41, 5.74) is 6.38. The number of hydrogen-bond donors (Lipinski definition) is 1. The van der Waals surface area contributed by atoms with Crippen LogP contribution in [0.2, 0.25) is 0 Å². The van der Waals surface area contributed by atoms with Gasteiger partial charge in [-0.2, -0.15) is 0 Å². The Hall–Kier alpha value is -3.85. The van der Waals surface area contributed by atoms with Crippen LogP contribution in [-0.2, 0) is 24.9 Å². The molecule has 0 saturated carbocycles. The molecule has 9 heteroatoms. The summed E-state index contributed by atoms with van der Waals surface area (Å²) in [4.78, 5) is 24.0. The highest BCUT2D eigenvalue weighted by Gasteiger charge is 2.40. The van der Waals surface area contributed by atoms with Gasteiger partial charge in [-0.1, -0.05) is 24.3 Å². The van der Waals surface area contributed by atoms with Gasteiger partial charge >= 0.3 is 5.97 Å². The lowest BCUT2D eigenvalue weighted by atomic mass is 9.70. The first kappa shape index (κ1) is 26.7. The lowest BCUT2D eigenvalue weighted by Gasteiger charge is -2.33. The second-order valence-corrected chi connectivity index (χ2v) is 11.1. The standard InChI is InChI=1S/C30H36N6O3/c1-7-23-17-36(16-22-13-31-11-10-26(22)39-23)15-21-12-20(14-32-19(21)3)27(30(4,5)29(37)38)24-8-9-25-28(18(24)2)33-34-35(25)6/h8-14,23,27H,7,15-17H2,1-6H3,(H,37,38)/t23-,27?/m1/s1. The Morgan fingerprint density at radius 2 is 2.03 bits per heavy atom. The van der Waals surface area contributed by atoms with Crippen LogP contribution in [-0.4, -0.2) is 53.6 Å². The van der Waals surface area contributed by atoms with Crippen molar-refractivity contribution in [2.45, 2.75) is 66.2 Å². The monoisotopic (exact) mass is 528 g/mol. The van der Waals surface area contributed by atoms with E-state index in [9.17, 15) is 9.90 Å². The number of hydrogen-bond acceptors (Lipinski definition) is 7. The minimum Gasteiger partial charge on any atom is -0.489 e. The summed E-state index contributed by atoms with van der Waals surface area (Å²) in [5, 5.41) is 18.9. The molecule has 3 aromatic heterocycles. The van der Waals surface area contributed by atoms with Gasteiger partial charge in [0.2, 0.25) is 0 Å². The van der Waals surface area contributed by atoms with Crippen molar-refractivity contribution in [1.29, 1.82) is 0 Å². The number of benzene rings is 1. The minimum absolute atomic E-state index is 0.0742. The van der Waals surface area contributed by atoms with Crippen molar-refractivity contribution < 1.29 is 14.6 Å². The highest BCUT2D eigenvalue weighted by Crippen LogP contribution is 2.44. The van der Waals surface area contributed by atoms with E-state index in [2.05, 4.69) is 33.2 Å². The fourth-order valence-corrected chi connectivity index (χ4v) is 5.62. The molecule has 0 radical (unpaired) electrons. The number of ether oxygens (including phenoxy) is 1. The maximum Gasteiger partial charge on any atom is 0.310 e. The topological polar surface area (TPSA) is 106 Å². The van der Waals surface area contributed by atoms with Crippen LogP contribution < -0.4 is 4.74 Å². The molecule has 1 unspecified atom stereocenters. The van der Waals surface area contributed by atoms with Gasteiger partial charge in [0.1, 0.15) is 17.4 Å². The molecular formula is C30H36N6O3. The second-order valence-electron chi connectivity index (χ2n) is 11.1. The summed E-state index contributed by atoms with van der Waals surface area (Å²) in [6, 6.07) is 8.05. The molecule has 4 heterocycles. The summed E-state index contributed by atoms with van der Waals surface area (Å²) < 4.78 is 8.00. The molecule has 0 saturated heterocycles. The van der Waals surface area contributed by atoms with Crippen molar-refractivity contribution in [3.63, 3.8) is 0 Å². The number of fused-ring (bicyclic) bond motifs is 2. The molecule has 2 atom stereocenters. The summed E-state index contributed by atoms with van der Waals surface area (Å²) in [6.07, 6.45) is 6.44. The Morgan fingerprint density at radius 3 is 2.77 bits per heavy atom. The van der Waals surface area contributed by atoms with E-state index in [0.717, 1.165) is 69.8 Å². The highest BCUT2D eigenvalue weighted by molar-refractivity contribution is 5.81. The Morgan fingerprint density at radius 1 is 1.23 bits per heavy atom. The van der Waals surface area contributed by atoms with Crippen molar-refractivity contribution >= 4 is 17.0 Å². The number of aromatic nitrogens is 5. The van der Waals surface area contributed by atoms with Crippen molar-refractivity contribution in [1.82, 2.24) is 29.9 Å². The number of carbonyl (C=O) groups is 1. The zero-order valence-electron chi connectivity index (χ0n) is 23.5. The van der Waals surface area contributed by atoms with Gasteiger partial charge in [-0.25, -0.2) is 4.68 Å². The van der Waals surface area contributed by atoms with E-state index in [-0.39, 0.29) is 6.10 Å². The predicted molar refractivity (Wildman–Crippen MR) is 149 cm³/mol. The van der Waals surface area contributed by atoms with Crippen LogP contribution in [0, 0.1) is 19.3 Å². The molecule has 204 valence electrons. The smallest absolute Gasteiger partial charge is 0.310 e. The first-order chi connectivity index (χ1) is 18.6. The van der Waals surface area contributed by atoms with Gasteiger partial charge in [0.05, 0.1) is 10.9 Å². The molecule has 1 aliphatic rings. The molecule has 4 aromatic rings. The maximum atomic E-state index is 12.6. The molecule has 1 aliphatic heterocycles. The lowest BCUT2D eigenvalue weighted by Crippen LogP contribution is -2.33. The molecule has 9 nitrogen and oxygen atoms in total. The SMILES string of the molecule is CC[C@@H]1CN(Cc2cc(C(c3ccc4c(nnn4C)c3C)C(C)(C)C(=O)O)cnc2C)Cc2cnccc2O1. The summed E-state index contributed by atoms with van der Waals surface area (Å²) in [7, 11) is 1.86. The molecule has 0 fully saturated rings. The molecule has 0 spiro atoms. The van der Waals surface area contributed by atoms with E-state index in [1.165, 1.54) is 0 Å². The van der Waals surface area contributed by atoms with Gasteiger partial charge in [0, 0.05) is 62.4 Å². The first-order valence-corrected chi connectivity index (χ1v) is 13.4. The Bertz CT molecular complexity index is 1530. The fourth-order valence-electron chi connectivity index (χ4n) is 5.62.